The molecule has 0 spiro atoms. The predicted molar refractivity (Wildman–Crippen MR) is 46.9 cm³/mol. The Morgan fingerprint density at radius 3 is 2.67 bits per heavy atom. The van der Waals surface area contributed by atoms with Crippen LogP contribution in [0.1, 0.15) is 46.0 Å². The molecule has 0 bridgehead atoms. The van der Waals surface area contributed by atoms with E-state index in [4.69, 9.17) is 0 Å². The van der Waals surface area contributed by atoms with Crippen molar-refractivity contribution < 1.29 is 9.59 Å². The van der Waals surface area contributed by atoms with E-state index in [-0.39, 0.29) is 11.2 Å². The molecule has 0 aromatic rings. The molecular weight excluding hydrogens is 152 g/mol. The molecule has 1 aliphatic carbocycles. The highest BCUT2D eigenvalue weighted by Crippen LogP contribution is 2.39. The van der Waals surface area contributed by atoms with Crippen LogP contribution >= 0.6 is 0 Å². The van der Waals surface area contributed by atoms with Gasteiger partial charge in [-0.15, -0.1) is 0 Å². The Labute approximate surface area is 73.3 Å². The number of ketones is 2. The zero-order chi connectivity index (χ0) is 9.19. The van der Waals surface area contributed by atoms with Crippen molar-refractivity contribution in [2.45, 2.75) is 46.0 Å². The van der Waals surface area contributed by atoms with Gasteiger partial charge in [-0.25, -0.2) is 0 Å². The molecular formula is C10H16O2. The number of hydrogen-bond acceptors (Lipinski definition) is 2. The van der Waals surface area contributed by atoms with Gasteiger partial charge in [0, 0.05) is 19.3 Å². The Kier molecular flexibility index (Phi) is 2.65. The maximum absolute atomic E-state index is 11.0. The molecule has 1 saturated carbocycles. The summed E-state index contributed by atoms with van der Waals surface area (Å²) in [7, 11) is 0. The Hall–Kier alpha value is -0.660. The van der Waals surface area contributed by atoms with Crippen molar-refractivity contribution in [1.29, 1.82) is 0 Å². The summed E-state index contributed by atoms with van der Waals surface area (Å²) < 4.78 is 0. The molecule has 0 saturated heterocycles. The molecule has 0 aliphatic heterocycles. The van der Waals surface area contributed by atoms with E-state index in [0.29, 0.717) is 25.0 Å². The van der Waals surface area contributed by atoms with Crippen molar-refractivity contribution in [3.05, 3.63) is 0 Å². The summed E-state index contributed by atoms with van der Waals surface area (Å²) in [6, 6.07) is 0. The average molecular weight is 168 g/mol. The molecule has 1 aliphatic rings. The van der Waals surface area contributed by atoms with E-state index in [1.807, 2.05) is 0 Å². The Morgan fingerprint density at radius 2 is 2.25 bits per heavy atom. The van der Waals surface area contributed by atoms with Crippen LogP contribution in [0.3, 0.4) is 0 Å². The number of hydrogen-bond donors (Lipinski definition) is 0. The maximum Gasteiger partial charge on any atom is 0.133 e. The van der Waals surface area contributed by atoms with Crippen molar-refractivity contribution in [1.82, 2.24) is 0 Å². The minimum absolute atomic E-state index is 0.128. The molecule has 0 radical (unpaired) electrons. The Bertz CT molecular complexity index is 208. The minimum atomic E-state index is 0.128. The molecule has 68 valence electrons. The fourth-order valence-corrected chi connectivity index (χ4v) is 1.79. The zero-order valence-electron chi connectivity index (χ0n) is 7.85. The predicted octanol–water partition coefficient (Wildman–Crippen LogP) is 2.11. The Balaban J connectivity index is 2.40. The molecule has 0 aromatic carbocycles. The second kappa shape index (κ2) is 3.38. The van der Waals surface area contributed by atoms with Gasteiger partial charge in [-0.1, -0.05) is 6.92 Å². The lowest BCUT2D eigenvalue weighted by atomic mass is 9.83. The van der Waals surface area contributed by atoms with Crippen molar-refractivity contribution >= 4 is 11.6 Å². The second-order valence-corrected chi connectivity index (χ2v) is 4.23. The Morgan fingerprint density at radius 1 is 1.58 bits per heavy atom. The van der Waals surface area contributed by atoms with Gasteiger partial charge < -0.3 is 4.79 Å². The van der Waals surface area contributed by atoms with E-state index in [1.165, 1.54) is 0 Å². The van der Waals surface area contributed by atoms with Gasteiger partial charge in [-0.05, 0) is 25.2 Å². The van der Waals surface area contributed by atoms with E-state index in [0.717, 1.165) is 12.8 Å². The van der Waals surface area contributed by atoms with Gasteiger partial charge in [-0.3, -0.25) is 4.79 Å². The standard InChI is InChI=1S/C10H16O2/c1-8(11)3-5-10(2)6-4-9(12)7-10/h3-7H2,1-2H3. The van der Waals surface area contributed by atoms with E-state index in [1.54, 1.807) is 6.92 Å². The molecule has 1 fully saturated rings. The second-order valence-electron chi connectivity index (χ2n) is 4.23. The summed E-state index contributed by atoms with van der Waals surface area (Å²) in [5, 5.41) is 0. The van der Waals surface area contributed by atoms with Crippen LogP contribution in [-0.4, -0.2) is 11.6 Å². The van der Waals surface area contributed by atoms with E-state index >= 15 is 0 Å². The van der Waals surface area contributed by atoms with Crippen molar-refractivity contribution in [2.24, 2.45) is 5.41 Å². The first-order valence-corrected chi connectivity index (χ1v) is 4.53. The number of Topliss-reactive ketones (excluding diaryl/α,β-unsaturated/α-hetero) is 2. The first-order valence-electron chi connectivity index (χ1n) is 4.53. The van der Waals surface area contributed by atoms with Gasteiger partial charge in [0.05, 0.1) is 0 Å². The van der Waals surface area contributed by atoms with Crippen LogP contribution in [0.25, 0.3) is 0 Å². The number of rotatable bonds is 3. The summed E-state index contributed by atoms with van der Waals surface area (Å²) in [5.74, 6) is 0.594. The van der Waals surface area contributed by atoms with E-state index in [2.05, 4.69) is 6.92 Å². The highest BCUT2D eigenvalue weighted by Gasteiger charge is 2.33. The topological polar surface area (TPSA) is 34.1 Å². The lowest BCUT2D eigenvalue weighted by molar-refractivity contribution is -0.119. The molecule has 2 nitrogen and oxygen atoms in total. The third-order valence-corrected chi connectivity index (χ3v) is 2.71. The summed E-state index contributed by atoms with van der Waals surface area (Å²) >= 11 is 0. The molecule has 12 heavy (non-hydrogen) atoms. The van der Waals surface area contributed by atoms with Gasteiger partial charge in [0.25, 0.3) is 0 Å². The molecule has 0 heterocycles. The molecule has 0 amide bonds. The highest BCUT2D eigenvalue weighted by atomic mass is 16.1. The average Bonchev–Trinajstić information content (AvgIpc) is 2.29. The smallest absolute Gasteiger partial charge is 0.133 e. The summed E-state index contributed by atoms with van der Waals surface area (Å²) in [6.45, 7) is 3.72. The van der Waals surface area contributed by atoms with Gasteiger partial charge >= 0.3 is 0 Å². The first-order chi connectivity index (χ1) is 5.52. The fraction of sp³-hybridized carbons (Fsp3) is 0.800. The van der Waals surface area contributed by atoms with Gasteiger partial charge in [0.15, 0.2) is 0 Å². The van der Waals surface area contributed by atoms with Crippen LogP contribution in [0.5, 0.6) is 0 Å². The summed E-state index contributed by atoms with van der Waals surface area (Å²) in [4.78, 5) is 21.8. The molecule has 0 aromatic heterocycles. The summed E-state index contributed by atoms with van der Waals surface area (Å²) in [6.07, 6.45) is 3.88. The normalized spacial score (nSPS) is 29.3. The van der Waals surface area contributed by atoms with Crippen molar-refractivity contribution in [3.8, 4) is 0 Å². The minimum Gasteiger partial charge on any atom is -0.300 e. The molecule has 0 N–H and O–H groups in total. The van der Waals surface area contributed by atoms with E-state index in [9.17, 15) is 9.59 Å². The summed E-state index contributed by atoms with van der Waals surface area (Å²) in [5.41, 5.74) is 0.128. The third kappa shape index (κ3) is 2.43. The number of carbonyl (C=O) groups is 2. The van der Waals surface area contributed by atoms with Crippen LogP contribution in [-0.2, 0) is 9.59 Å². The quantitative estimate of drug-likeness (QED) is 0.646. The van der Waals surface area contributed by atoms with E-state index < -0.39 is 0 Å². The largest absolute Gasteiger partial charge is 0.300 e. The lowest BCUT2D eigenvalue weighted by Crippen LogP contribution is -2.13. The van der Waals surface area contributed by atoms with Crippen LogP contribution in [0.2, 0.25) is 0 Å². The first kappa shape index (κ1) is 9.43. The monoisotopic (exact) mass is 168 g/mol. The van der Waals surface area contributed by atoms with Crippen molar-refractivity contribution in [3.63, 3.8) is 0 Å². The fourth-order valence-electron chi connectivity index (χ4n) is 1.79. The van der Waals surface area contributed by atoms with Gasteiger partial charge in [0.2, 0.25) is 0 Å². The molecule has 1 unspecified atom stereocenters. The number of carbonyl (C=O) groups excluding carboxylic acids is 2. The van der Waals surface area contributed by atoms with Gasteiger partial charge in [-0.2, -0.15) is 0 Å². The van der Waals surface area contributed by atoms with Crippen LogP contribution in [0.4, 0.5) is 0 Å². The zero-order valence-corrected chi connectivity index (χ0v) is 7.85. The van der Waals surface area contributed by atoms with Crippen molar-refractivity contribution in [2.75, 3.05) is 0 Å². The third-order valence-electron chi connectivity index (χ3n) is 2.71. The lowest BCUT2D eigenvalue weighted by Gasteiger charge is -2.21. The van der Waals surface area contributed by atoms with Crippen LogP contribution in [0.15, 0.2) is 0 Å². The van der Waals surface area contributed by atoms with Crippen LogP contribution < -0.4 is 0 Å². The maximum atomic E-state index is 11.0. The highest BCUT2D eigenvalue weighted by molar-refractivity contribution is 5.81. The van der Waals surface area contributed by atoms with Gasteiger partial charge in [0.1, 0.15) is 11.6 Å². The molecule has 1 rings (SSSR count). The SMILES string of the molecule is CC(=O)CCC1(C)CCC(=O)C1. The molecule has 1 atom stereocenters. The molecule has 2 heteroatoms. The van der Waals surface area contributed by atoms with Crippen LogP contribution in [0, 0.1) is 5.41 Å².